The Morgan fingerprint density at radius 3 is 2.50 bits per heavy atom. The number of sulfonamides is 1. The summed E-state index contributed by atoms with van der Waals surface area (Å²) in [5, 5.41) is 11.1. The van der Waals surface area contributed by atoms with Gasteiger partial charge in [-0.25, -0.2) is 8.42 Å². The summed E-state index contributed by atoms with van der Waals surface area (Å²) in [5.41, 5.74) is 0.177. The van der Waals surface area contributed by atoms with E-state index in [9.17, 15) is 13.5 Å². The number of hydrogen-bond donors (Lipinski definition) is 2. The first-order valence-electron chi connectivity index (χ1n) is 4.44. The van der Waals surface area contributed by atoms with Crippen molar-refractivity contribution < 1.29 is 13.5 Å². The van der Waals surface area contributed by atoms with Gasteiger partial charge in [0, 0.05) is 0 Å². The Balaban J connectivity index is 2.33. The smallest absolute Gasteiger partial charge is 0.271 e. The molecule has 0 aliphatic rings. The zero-order valence-corrected chi connectivity index (χ0v) is 9.75. The molecule has 1 heterocycles. The van der Waals surface area contributed by atoms with Crippen LogP contribution >= 0.6 is 11.3 Å². The Bertz CT molecular complexity index is 576. The molecule has 2 aromatic rings. The summed E-state index contributed by atoms with van der Waals surface area (Å²) in [6.45, 7) is 0. The minimum atomic E-state index is -3.58. The molecule has 1 aromatic heterocycles. The van der Waals surface area contributed by atoms with Crippen molar-refractivity contribution in [3.63, 3.8) is 0 Å². The molecule has 2 rings (SSSR count). The van der Waals surface area contributed by atoms with E-state index in [1.165, 1.54) is 18.2 Å². The number of phenols is 1. The fourth-order valence-electron chi connectivity index (χ4n) is 1.17. The standard InChI is InChI=1S/C10H9NO3S2/c12-9-5-2-1-4-8(9)11-16(13,14)10-6-3-7-15-10/h1-7,11-12H. The van der Waals surface area contributed by atoms with Crippen molar-refractivity contribution in [2.24, 2.45) is 0 Å². The number of para-hydroxylation sites is 2. The molecule has 0 unspecified atom stereocenters. The number of phenolic OH excluding ortho intramolecular Hbond substituents is 1. The molecule has 2 N–H and O–H groups in total. The predicted octanol–water partition coefficient (Wildman–Crippen LogP) is 2.25. The highest BCUT2D eigenvalue weighted by molar-refractivity contribution is 7.94. The van der Waals surface area contributed by atoms with Crippen molar-refractivity contribution >= 4 is 27.0 Å². The molecule has 0 aliphatic carbocycles. The van der Waals surface area contributed by atoms with Crippen LogP contribution in [0.3, 0.4) is 0 Å². The molecule has 0 atom stereocenters. The van der Waals surface area contributed by atoms with E-state index in [1.807, 2.05) is 0 Å². The maximum Gasteiger partial charge on any atom is 0.271 e. The van der Waals surface area contributed by atoms with Gasteiger partial charge in [-0.3, -0.25) is 4.72 Å². The van der Waals surface area contributed by atoms with Crippen LogP contribution in [-0.4, -0.2) is 13.5 Å². The molecule has 4 nitrogen and oxygen atoms in total. The highest BCUT2D eigenvalue weighted by Crippen LogP contribution is 2.26. The summed E-state index contributed by atoms with van der Waals surface area (Å²) in [6, 6.07) is 9.36. The van der Waals surface area contributed by atoms with Crippen molar-refractivity contribution in [1.29, 1.82) is 0 Å². The van der Waals surface area contributed by atoms with Gasteiger partial charge in [0.1, 0.15) is 9.96 Å². The van der Waals surface area contributed by atoms with Gasteiger partial charge in [0.05, 0.1) is 5.69 Å². The highest BCUT2D eigenvalue weighted by atomic mass is 32.2. The normalized spacial score (nSPS) is 11.2. The summed E-state index contributed by atoms with van der Waals surface area (Å²) < 4.78 is 26.1. The van der Waals surface area contributed by atoms with Gasteiger partial charge in [-0.1, -0.05) is 18.2 Å². The molecule has 0 aliphatic heterocycles. The summed E-state index contributed by atoms with van der Waals surface area (Å²) in [5.74, 6) is -0.0948. The van der Waals surface area contributed by atoms with Gasteiger partial charge in [-0.2, -0.15) is 0 Å². The highest BCUT2D eigenvalue weighted by Gasteiger charge is 2.16. The van der Waals surface area contributed by atoms with Crippen LogP contribution < -0.4 is 4.72 Å². The minimum absolute atomic E-state index is 0.0948. The lowest BCUT2D eigenvalue weighted by molar-refractivity contribution is 0.477. The molecule has 84 valence electrons. The molecular formula is C10H9NO3S2. The van der Waals surface area contributed by atoms with E-state index in [1.54, 1.807) is 23.6 Å². The summed E-state index contributed by atoms with van der Waals surface area (Å²) in [4.78, 5) is 0. The van der Waals surface area contributed by atoms with E-state index >= 15 is 0 Å². The number of benzene rings is 1. The van der Waals surface area contributed by atoms with E-state index in [0.717, 1.165) is 11.3 Å². The molecule has 1 aromatic carbocycles. The van der Waals surface area contributed by atoms with Gasteiger partial charge < -0.3 is 5.11 Å². The molecule has 0 saturated carbocycles. The second-order valence-electron chi connectivity index (χ2n) is 3.05. The zero-order valence-electron chi connectivity index (χ0n) is 8.12. The molecule has 16 heavy (non-hydrogen) atoms. The third-order valence-electron chi connectivity index (χ3n) is 1.91. The fourth-order valence-corrected chi connectivity index (χ4v) is 3.24. The number of aromatic hydroxyl groups is 1. The zero-order chi connectivity index (χ0) is 11.6. The number of hydrogen-bond acceptors (Lipinski definition) is 4. The Labute approximate surface area is 97.2 Å². The lowest BCUT2D eigenvalue weighted by atomic mass is 10.3. The molecule has 0 radical (unpaired) electrons. The first-order valence-corrected chi connectivity index (χ1v) is 6.80. The van der Waals surface area contributed by atoms with Crippen LogP contribution in [0.5, 0.6) is 5.75 Å². The minimum Gasteiger partial charge on any atom is -0.506 e. The van der Waals surface area contributed by atoms with Gasteiger partial charge in [-0.15, -0.1) is 11.3 Å². The lowest BCUT2D eigenvalue weighted by Crippen LogP contribution is -2.11. The van der Waals surface area contributed by atoms with E-state index in [0.29, 0.717) is 0 Å². The number of anilines is 1. The van der Waals surface area contributed by atoms with Crippen LogP contribution in [0.1, 0.15) is 0 Å². The number of nitrogens with one attached hydrogen (secondary N) is 1. The predicted molar refractivity (Wildman–Crippen MR) is 63.2 cm³/mol. The van der Waals surface area contributed by atoms with Crippen LogP contribution in [0.15, 0.2) is 46.0 Å². The van der Waals surface area contributed by atoms with Crippen LogP contribution in [-0.2, 0) is 10.0 Å². The molecule has 0 spiro atoms. The van der Waals surface area contributed by atoms with Gasteiger partial charge in [0.2, 0.25) is 0 Å². The van der Waals surface area contributed by atoms with E-state index in [4.69, 9.17) is 0 Å². The monoisotopic (exact) mass is 255 g/mol. The second kappa shape index (κ2) is 4.15. The van der Waals surface area contributed by atoms with Crippen LogP contribution in [0.25, 0.3) is 0 Å². The SMILES string of the molecule is O=S(=O)(Nc1ccccc1O)c1cccs1. The molecule has 0 amide bonds. The van der Waals surface area contributed by atoms with Crippen molar-refractivity contribution in [1.82, 2.24) is 0 Å². The van der Waals surface area contributed by atoms with E-state index < -0.39 is 10.0 Å². The van der Waals surface area contributed by atoms with Gasteiger partial charge in [0.25, 0.3) is 10.0 Å². The first kappa shape index (κ1) is 11.0. The molecule has 0 fully saturated rings. The summed E-state index contributed by atoms with van der Waals surface area (Å²) in [7, 11) is -3.58. The third kappa shape index (κ3) is 2.17. The Morgan fingerprint density at radius 1 is 1.12 bits per heavy atom. The van der Waals surface area contributed by atoms with Gasteiger partial charge in [-0.05, 0) is 23.6 Å². The second-order valence-corrected chi connectivity index (χ2v) is 5.91. The third-order valence-corrected chi connectivity index (χ3v) is 4.67. The Kier molecular flexibility index (Phi) is 2.84. The molecule has 6 heteroatoms. The van der Waals surface area contributed by atoms with Crippen LogP contribution in [0.2, 0.25) is 0 Å². The Hall–Kier alpha value is -1.53. The Morgan fingerprint density at radius 2 is 1.88 bits per heavy atom. The van der Waals surface area contributed by atoms with E-state index in [2.05, 4.69) is 4.72 Å². The average Bonchev–Trinajstić information content (AvgIpc) is 2.75. The number of thiophene rings is 1. The molecular weight excluding hydrogens is 246 g/mol. The van der Waals surface area contributed by atoms with Crippen molar-refractivity contribution in [3.8, 4) is 5.75 Å². The largest absolute Gasteiger partial charge is 0.506 e. The first-order chi connectivity index (χ1) is 7.59. The van der Waals surface area contributed by atoms with Crippen LogP contribution in [0.4, 0.5) is 5.69 Å². The van der Waals surface area contributed by atoms with E-state index in [-0.39, 0.29) is 15.6 Å². The van der Waals surface area contributed by atoms with Gasteiger partial charge >= 0.3 is 0 Å². The summed E-state index contributed by atoms with van der Waals surface area (Å²) >= 11 is 1.12. The van der Waals surface area contributed by atoms with Crippen molar-refractivity contribution in [2.45, 2.75) is 4.21 Å². The van der Waals surface area contributed by atoms with Crippen molar-refractivity contribution in [3.05, 3.63) is 41.8 Å². The summed E-state index contributed by atoms with van der Waals surface area (Å²) in [6.07, 6.45) is 0. The van der Waals surface area contributed by atoms with Crippen molar-refractivity contribution in [2.75, 3.05) is 4.72 Å². The fraction of sp³-hybridized carbons (Fsp3) is 0. The quantitative estimate of drug-likeness (QED) is 0.827. The van der Waals surface area contributed by atoms with Crippen LogP contribution in [0, 0.1) is 0 Å². The topological polar surface area (TPSA) is 66.4 Å². The van der Waals surface area contributed by atoms with Gasteiger partial charge in [0.15, 0.2) is 0 Å². The maximum absolute atomic E-state index is 11.8. The molecule has 0 bridgehead atoms. The maximum atomic E-state index is 11.8. The number of rotatable bonds is 3. The molecule has 0 saturated heterocycles. The average molecular weight is 255 g/mol. The lowest BCUT2D eigenvalue weighted by Gasteiger charge is -2.07.